The van der Waals surface area contributed by atoms with Gasteiger partial charge in [0.2, 0.25) is 5.91 Å². The highest BCUT2D eigenvalue weighted by molar-refractivity contribution is 5.97. The lowest BCUT2D eigenvalue weighted by Crippen LogP contribution is -2.51. The molecule has 0 bridgehead atoms. The average molecular weight is 230 g/mol. The molecule has 90 valence electrons. The second-order valence-electron chi connectivity index (χ2n) is 4.96. The van der Waals surface area contributed by atoms with Crippen LogP contribution in [-0.2, 0) is 4.79 Å². The lowest BCUT2D eigenvalue weighted by atomic mass is 10.0. The molecule has 3 heteroatoms. The van der Waals surface area contributed by atoms with E-state index in [0.717, 1.165) is 25.1 Å². The van der Waals surface area contributed by atoms with Gasteiger partial charge in [-0.1, -0.05) is 18.2 Å². The third kappa shape index (κ3) is 2.34. The Labute approximate surface area is 102 Å². The number of piperidine rings is 1. The predicted octanol–water partition coefficient (Wildman–Crippen LogP) is 1.93. The normalized spacial score (nSPS) is 25.1. The molecule has 2 aliphatic rings. The third-order valence-electron chi connectivity index (χ3n) is 3.52. The van der Waals surface area contributed by atoms with Crippen LogP contribution in [0.3, 0.4) is 0 Å². The van der Waals surface area contributed by atoms with Crippen molar-refractivity contribution in [1.82, 2.24) is 5.32 Å². The van der Waals surface area contributed by atoms with Gasteiger partial charge in [0.25, 0.3) is 0 Å². The molecule has 2 fully saturated rings. The Balaban J connectivity index is 1.74. The molecule has 1 atom stereocenters. The lowest BCUT2D eigenvalue weighted by molar-refractivity contribution is -0.121. The van der Waals surface area contributed by atoms with Gasteiger partial charge in [-0.3, -0.25) is 4.79 Å². The Morgan fingerprint density at radius 1 is 1.12 bits per heavy atom. The maximum atomic E-state index is 12.4. The zero-order valence-corrected chi connectivity index (χ0v) is 9.93. The van der Waals surface area contributed by atoms with E-state index in [0.29, 0.717) is 6.04 Å². The van der Waals surface area contributed by atoms with Crippen LogP contribution >= 0.6 is 0 Å². The van der Waals surface area contributed by atoms with Crippen LogP contribution in [-0.4, -0.2) is 24.5 Å². The SMILES string of the molecule is O=C1C(NC2CC2)CCCN1c1ccccc1. The molecule has 3 nitrogen and oxygen atoms in total. The number of hydrogen-bond donors (Lipinski definition) is 1. The molecular formula is C14H18N2O. The summed E-state index contributed by atoms with van der Waals surface area (Å²) in [7, 11) is 0. The fraction of sp³-hybridized carbons (Fsp3) is 0.500. The van der Waals surface area contributed by atoms with E-state index in [1.807, 2.05) is 35.2 Å². The molecule has 1 aromatic rings. The molecule has 0 aromatic heterocycles. The van der Waals surface area contributed by atoms with E-state index in [2.05, 4.69) is 5.32 Å². The summed E-state index contributed by atoms with van der Waals surface area (Å²) in [6.45, 7) is 0.853. The summed E-state index contributed by atoms with van der Waals surface area (Å²) < 4.78 is 0. The lowest BCUT2D eigenvalue weighted by Gasteiger charge is -2.32. The smallest absolute Gasteiger partial charge is 0.244 e. The Hall–Kier alpha value is -1.35. The first-order valence-corrected chi connectivity index (χ1v) is 6.47. The van der Waals surface area contributed by atoms with E-state index in [4.69, 9.17) is 0 Å². The quantitative estimate of drug-likeness (QED) is 0.860. The Kier molecular flexibility index (Phi) is 2.85. The highest BCUT2D eigenvalue weighted by atomic mass is 16.2. The molecule has 1 saturated carbocycles. The Morgan fingerprint density at radius 3 is 2.59 bits per heavy atom. The first-order chi connectivity index (χ1) is 8.34. The van der Waals surface area contributed by atoms with Gasteiger partial charge in [0.1, 0.15) is 0 Å². The number of para-hydroxylation sites is 1. The predicted molar refractivity (Wildman–Crippen MR) is 68.0 cm³/mol. The van der Waals surface area contributed by atoms with E-state index < -0.39 is 0 Å². The molecule has 0 spiro atoms. The molecule has 0 radical (unpaired) electrons. The molecule has 1 heterocycles. The van der Waals surface area contributed by atoms with Gasteiger partial charge in [0.15, 0.2) is 0 Å². The van der Waals surface area contributed by atoms with Crippen molar-refractivity contribution in [1.29, 1.82) is 0 Å². The van der Waals surface area contributed by atoms with Crippen LogP contribution in [0.25, 0.3) is 0 Å². The van der Waals surface area contributed by atoms with E-state index in [9.17, 15) is 4.79 Å². The van der Waals surface area contributed by atoms with Gasteiger partial charge in [-0.25, -0.2) is 0 Å². The molecule has 1 saturated heterocycles. The van der Waals surface area contributed by atoms with Crippen molar-refractivity contribution in [3.8, 4) is 0 Å². The van der Waals surface area contributed by atoms with Crippen molar-refractivity contribution in [2.24, 2.45) is 0 Å². The van der Waals surface area contributed by atoms with Crippen LogP contribution in [0.4, 0.5) is 5.69 Å². The van der Waals surface area contributed by atoms with Crippen molar-refractivity contribution in [2.75, 3.05) is 11.4 Å². The van der Waals surface area contributed by atoms with Crippen LogP contribution in [0.5, 0.6) is 0 Å². The van der Waals surface area contributed by atoms with Crippen LogP contribution in [0.15, 0.2) is 30.3 Å². The number of amides is 1. The molecule has 1 aliphatic heterocycles. The van der Waals surface area contributed by atoms with Gasteiger partial charge in [0.05, 0.1) is 6.04 Å². The summed E-state index contributed by atoms with van der Waals surface area (Å²) in [5, 5.41) is 3.45. The number of nitrogens with zero attached hydrogens (tertiary/aromatic N) is 1. The fourth-order valence-corrected chi connectivity index (χ4v) is 2.43. The average Bonchev–Trinajstić information content (AvgIpc) is 3.17. The Morgan fingerprint density at radius 2 is 1.88 bits per heavy atom. The number of rotatable bonds is 3. The molecule has 1 aliphatic carbocycles. The highest BCUT2D eigenvalue weighted by Gasteiger charge is 2.33. The highest BCUT2D eigenvalue weighted by Crippen LogP contribution is 2.25. The van der Waals surface area contributed by atoms with Crippen LogP contribution in [0, 0.1) is 0 Å². The molecule has 17 heavy (non-hydrogen) atoms. The minimum Gasteiger partial charge on any atom is -0.311 e. The summed E-state index contributed by atoms with van der Waals surface area (Å²) in [4.78, 5) is 14.3. The number of nitrogens with one attached hydrogen (secondary N) is 1. The van der Waals surface area contributed by atoms with Crippen molar-refractivity contribution >= 4 is 11.6 Å². The van der Waals surface area contributed by atoms with Gasteiger partial charge in [-0.2, -0.15) is 0 Å². The minimum atomic E-state index is 0.0384. The van der Waals surface area contributed by atoms with Gasteiger partial charge in [-0.15, -0.1) is 0 Å². The summed E-state index contributed by atoms with van der Waals surface area (Å²) in [6.07, 6.45) is 4.54. The number of carbonyl (C=O) groups is 1. The summed E-state index contributed by atoms with van der Waals surface area (Å²) >= 11 is 0. The van der Waals surface area contributed by atoms with Crippen LogP contribution in [0.2, 0.25) is 0 Å². The number of carbonyl (C=O) groups excluding carboxylic acids is 1. The maximum Gasteiger partial charge on any atom is 0.244 e. The molecular weight excluding hydrogens is 212 g/mol. The zero-order valence-electron chi connectivity index (χ0n) is 9.93. The van der Waals surface area contributed by atoms with Gasteiger partial charge in [-0.05, 0) is 37.8 Å². The van der Waals surface area contributed by atoms with Crippen molar-refractivity contribution in [3.05, 3.63) is 30.3 Å². The van der Waals surface area contributed by atoms with Gasteiger partial charge in [0, 0.05) is 18.3 Å². The summed E-state index contributed by atoms with van der Waals surface area (Å²) in [6, 6.07) is 10.6. The van der Waals surface area contributed by atoms with Crippen LogP contribution in [0.1, 0.15) is 25.7 Å². The van der Waals surface area contributed by atoms with Gasteiger partial charge < -0.3 is 10.2 Å². The molecule has 1 N–H and O–H groups in total. The fourth-order valence-electron chi connectivity index (χ4n) is 2.43. The second-order valence-corrected chi connectivity index (χ2v) is 4.96. The third-order valence-corrected chi connectivity index (χ3v) is 3.52. The number of anilines is 1. The van der Waals surface area contributed by atoms with Crippen molar-refractivity contribution in [2.45, 2.75) is 37.8 Å². The summed E-state index contributed by atoms with van der Waals surface area (Å²) in [5.74, 6) is 0.245. The van der Waals surface area contributed by atoms with E-state index in [-0.39, 0.29) is 11.9 Å². The Bertz CT molecular complexity index is 400. The first-order valence-electron chi connectivity index (χ1n) is 6.47. The maximum absolute atomic E-state index is 12.4. The topological polar surface area (TPSA) is 32.3 Å². The van der Waals surface area contributed by atoms with Gasteiger partial charge >= 0.3 is 0 Å². The first kappa shape index (κ1) is 10.8. The van der Waals surface area contributed by atoms with Crippen LogP contribution < -0.4 is 10.2 Å². The standard InChI is InChI=1S/C14H18N2O/c17-14-13(15-11-8-9-11)7-4-10-16(14)12-5-2-1-3-6-12/h1-3,5-6,11,13,15H,4,7-10H2. The largest absolute Gasteiger partial charge is 0.311 e. The van der Waals surface area contributed by atoms with E-state index in [1.165, 1.54) is 12.8 Å². The zero-order chi connectivity index (χ0) is 11.7. The molecule has 1 amide bonds. The molecule has 1 aromatic carbocycles. The summed E-state index contributed by atoms with van der Waals surface area (Å²) in [5.41, 5.74) is 1.03. The van der Waals surface area contributed by atoms with Crippen molar-refractivity contribution < 1.29 is 4.79 Å². The van der Waals surface area contributed by atoms with E-state index >= 15 is 0 Å². The monoisotopic (exact) mass is 230 g/mol. The van der Waals surface area contributed by atoms with E-state index in [1.54, 1.807) is 0 Å². The van der Waals surface area contributed by atoms with Crippen molar-refractivity contribution in [3.63, 3.8) is 0 Å². The molecule has 3 rings (SSSR count). The molecule has 1 unspecified atom stereocenters. The minimum absolute atomic E-state index is 0.0384. The second kappa shape index (κ2) is 4.49. The number of benzene rings is 1. The number of hydrogen-bond acceptors (Lipinski definition) is 2.